The monoisotopic (exact) mass is 350 g/mol. The van der Waals surface area contributed by atoms with Crippen LogP contribution >= 0.6 is 0 Å². The average Bonchev–Trinajstić information content (AvgIpc) is 2.98. The lowest BCUT2D eigenvalue weighted by Gasteiger charge is -2.33. The van der Waals surface area contributed by atoms with Crippen molar-refractivity contribution in [3.05, 3.63) is 53.8 Å². The molecule has 2 fully saturated rings. The van der Waals surface area contributed by atoms with Crippen molar-refractivity contribution < 1.29 is 9.53 Å². The standard InChI is InChI=1S/C22H26N2O2/c1-16-14-19(26-18-8-3-2-4-9-18)10-12-23-20-11-13-24(21(20)15-16)22(25)17-6-5-7-17/h2-4,8-10,12,14,17,20-21H,5-7,11,13,15H2,1H3/b16-14+,19-10+,23-12?/t20-,21-/m0/s1. The molecule has 3 aliphatic rings. The van der Waals surface area contributed by atoms with Gasteiger partial charge < -0.3 is 9.64 Å². The van der Waals surface area contributed by atoms with E-state index in [-0.39, 0.29) is 18.0 Å². The SMILES string of the molecule is C/C1=C\C(Oc2ccccc2)=C/C=N[C@H]2CCN(C(=O)C3CCC3)[C@H]2C1. The fourth-order valence-corrected chi connectivity index (χ4v) is 4.02. The van der Waals surface area contributed by atoms with Gasteiger partial charge in [0.05, 0.1) is 12.1 Å². The van der Waals surface area contributed by atoms with Crippen molar-refractivity contribution in [2.45, 2.75) is 51.1 Å². The number of para-hydroxylation sites is 1. The van der Waals surface area contributed by atoms with E-state index in [2.05, 4.69) is 17.9 Å². The molecule has 1 saturated heterocycles. The maximum Gasteiger partial charge on any atom is 0.226 e. The number of nitrogens with zero attached hydrogens (tertiary/aromatic N) is 2. The second kappa shape index (κ2) is 7.48. The lowest BCUT2D eigenvalue weighted by atomic mass is 9.84. The third kappa shape index (κ3) is 3.59. The average molecular weight is 350 g/mol. The Morgan fingerprint density at radius 1 is 1.19 bits per heavy atom. The number of carbonyl (C=O) groups is 1. The molecule has 4 heteroatoms. The quantitative estimate of drug-likeness (QED) is 0.822. The summed E-state index contributed by atoms with van der Waals surface area (Å²) in [5, 5.41) is 0. The second-order valence-electron chi connectivity index (χ2n) is 7.56. The molecule has 26 heavy (non-hydrogen) atoms. The van der Waals surface area contributed by atoms with E-state index in [1.807, 2.05) is 42.6 Å². The molecule has 0 unspecified atom stereocenters. The molecule has 0 N–H and O–H groups in total. The van der Waals surface area contributed by atoms with Crippen molar-refractivity contribution in [2.75, 3.05) is 6.54 Å². The van der Waals surface area contributed by atoms with E-state index in [0.717, 1.165) is 43.7 Å². The van der Waals surface area contributed by atoms with Gasteiger partial charge in [-0.3, -0.25) is 9.79 Å². The smallest absolute Gasteiger partial charge is 0.226 e. The van der Waals surface area contributed by atoms with Gasteiger partial charge in [-0.05, 0) is 56.9 Å². The Kier molecular flexibility index (Phi) is 4.91. The molecule has 0 radical (unpaired) electrons. The number of hydrogen-bond acceptors (Lipinski definition) is 3. The maximum atomic E-state index is 12.8. The van der Waals surface area contributed by atoms with E-state index in [1.165, 1.54) is 12.0 Å². The number of rotatable bonds is 3. The first kappa shape index (κ1) is 17.1. The van der Waals surface area contributed by atoms with E-state index in [0.29, 0.717) is 5.91 Å². The molecule has 0 spiro atoms. The molecule has 1 saturated carbocycles. The largest absolute Gasteiger partial charge is 0.457 e. The highest BCUT2D eigenvalue weighted by atomic mass is 16.5. The third-order valence-electron chi connectivity index (χ3n) is 5.66. The highest BCUT2D eigenvalue weighted by Gasteiger charge is 2.40. The zero-order valence-electron chi connectivity index (χ0n) is 15.3. The van der Waals surface area contributed by atoms with Gasteiger partial charge in [0, 0.05) is 18.7 Å². The Bertz CT molecular complexity index is 747. The minimum absolute atomic E-state index is 0.181. The summed E-state index contributed by atoms with van der Waals surface area (Å²) in [6.07, 6.45) is 11.0. The molecule has 2 aliphatic heterocycles. The predicted octanol–water partition coefficient (Wildman–Crippen LogP) is 4.14. The van der Waals surface area contributed by atoms with Crippen LogP contribution in [-0.4, -0.2) is 35.7 Å². The van der Waals surface area contributed by atoms with Crippen LogP contribution < -0.4 is 4.74 Å². The van der Waals surface area contributed by atoms with Crippen molar-refractivity contribution in [1.82, 2.24) is 4.90 Å². The number of amides is 1. The van der Waals surface area contributed by atoms with Crippen molar-refractivity contribution in [2.24, 2.45) is 10.9 Å². The van der Waals surface area contributed by atoms with Gasteiger partial charge >= 0.3 is 0 Å². The van der Waals surface area contributed by atoms with Crippen molar-refractivity contribution >= 4 is 12.1 Å². The van der Waals surface area contributed by atoms with Crippen LogP contribution in [0.15, 0.2) is 58.8 Å². The lowest BCUT2D eigenvalue weighted by molar-refractivity contribution is -0.139. The van der Waals surface area contributed by atoms with E-state index in [4.69, 9.17) is 9.73 Å². The number of likely N-dealkylation sites (tertiary alicyclic amines) is 1. The fraction of sp³-hybridized carbons (Fsp3) is 0.455. The summed E-state index contributed by atoms with van der Waals surface area (Å²) in [6.45, 7) is 2.96. The Hall–Kier alpha value is -2.36. The first-order valence-corrected chi connectivity index (χ1v) is 9.65. The minimum atomic E-state index is 0.181. The summed E-state index contributed by atoms with van der Waals surface area (Å²) in [5.74, 6) is 2.20. The van der Waals surface area contributed by atoms with Crippen LogP contribution in [0.1, 0.15) is 39.0 Å². The molecule has 2 heterocycles. The molecule has 1 amide bonds. The number of benzene rings is 1. The zero-order valence-corrected chi connectivity index (χ0v) is 15.3. The Balaban J connectivity index is 1.52. The van der Waals surface area contributed by atoms with E-state index in [9.17, 15) is 4.79 Å². The summed E-state index contributed by atoms with van der Waals surface area (Å²) in [6, 6.07) is 10.2. The number of allylic oxidation sites excluding steroid dienone is 2. The second-order valence-corrected chi connectivity index (χ2v) is 7.56. The third-order valence-corrected chi connectivity index (χ3v) is 5.66. The van der Waals surface area contributed by atoms with Crippen LogP contribution in [0, 0.1) is 5.92 Å². The number of fused-ring (bicyclic) bond motifs is 1. The molecular weight excluding hydrogens is 324 g/mol. The van der Waals surface area contributed by atoms with Crippen LogP contribution in [0.5, 0.6) is 5.75 Å². The van der Waals surface area contributed by atoms with Crippen LogP contribution in [-0.2, 0) is 4.79 Å². The Labute approximate surface area is 155 Å². The van der Waals surface area contributed by atoms with Crippen LogP contribution in [0.25, 0.3) is 0 Å². The van der Waals surface area contributed by atoms with Crippen molar-refractivity contribution in [3.8, 4) is 5.75 Å². The number of ether oxygens (including phenoxy) is 1. The van der Waals surface area contributed by atoms with Gasteiger partial charge in [0.15, 0.2) is 0 Å². The molecule has 0 aromatic heterocycles. The van der Waals surface area contributed by atoms with Gasteiger partial charge in [-0.2, -0.15) is 0 Å². The van der Waals surface area contributed by atoms with E-state index >= 15 is 0 Å². The van der Waals surface area contributed by atoms with Gasteiger partial charge in [-0.25, -0.2) is 0 Å². The fourth-order valence-electron chi connectivity index (χ4n) is 4.02. The summed E-state index contributed by atoms with van der Waals surface area (Å²) in [7, 11) is 0. The molecule has 2 atom stereocenters. The normalized spacial score (nSPS) is 30.0. The summed E-state index contributed by atoms with van der Waals surface area (Å²) < 4.78 is 5.99. The van der Waals surface area contributed by atoms with Gasteiger partial charge in [0.25, 0.3) is 0 Å². The van der Waals surface area contributed by atoms with Crippen LogP contribution in [0.3, 0.4) is 0 Å². The molecule has 1 aromatic rings. The molecule has 4 nitrogen and oxygen atoms in total. The Morgan fingerprint density at radius 2 is 2.00 bits per heavy atom. The molecule has 4 rings (SSSR count). The molecule has 0 bridgehead atoms. The molecule has 1 aliphatic carbocycles. The topological polar surface area (TPSA) is 41.9 Å². The lowest BCUT2D eigenvalue weighted by Crippen LogP contribution is -2.44. The minimum Gasteiger partial charge on any atom is -0.457 e. The van der Waals surface area contributed by atoms with Gasteiger partial charge in [0.2, 0.25) is 5.91 Å². The van der Waals surface area contributed by atoms with Crippen molar-refractivity contribution in [3.63, 3.8) is 0 Å². The summed E-state index contributed by atoms with van der Waals surface area (Å²) in [4.78, 5) is 19.7. The number of carbonyl (C=O) groups excluding carboxylic acids is 1. The molecule has 1 aromatic carbocycles. The van der Waals surface area contributed by atoms with Gasteiger partial charge in [-0.15, -0.1) is 0 Å². The van der Waals surface area contributed by atoms with E-state index in [1.54, 1.807) is 0 Å². The Morgan fingerprint density at radius 3 is 2.73 bits per heavy atom. The van der Waals surface area contributed by atoms with Crippen molar-refractivity contribution in [1.29, 1.82) is 0 Å². The summed E-state index contributed by atoms with van der Waals surface area (Å²) >= 11 is 0. The first-order chi connectivity index (χ1) is 12.7. The first-order valence-electron chi connectivity index (χ1n) is 9.65. The highest BCUT2D eigenvalue weighted by Crippen LogP contribution is 2.34. The number of hydrogen-bond donors (Lipinski definition) is 0. The predicted molar refractivity (Wildman–Crippen MR) is 103 cm³/mol. The number of aliphatic imine (C=N–C) groups is 1. The maximum absolute atomic E-state index is 12.8. The molecule has 136 valence electrons. The zero-order chi connectivity index (χ0) is 17.9. The van der Waals surface area contributed by atoms with Gasteiger partial charge in [-0.1, -0.05) is 30.2 Å². The van der Waals surface area contributed by atoms with E-state index < -0.39 is 0 Å². The highest BCUT2D eigenvalue weighted by molar-refractivity contribution is 5.80. The summed E-state index contributed by atoms with van der Waals surface area (Å²) in [5.41, 5.74) is 1.22. The van der Waals surface area contributed by atoms with Crippen LogP contribution in [0.2, 0.25) is 0 Å². The molecular formula is C22H26N2O2. The van der Waals surface area contributed by atoms with Gasteiger partial charge in [0.1, 0.15) is 11.5 Å². The van der Waals surface area contributed by atoms with Crippen LogP contribution in [0.4, 0.5) is 0 Å².